The summed E-state index contributed by atoms with van der Waals surface area (Å²) in [6, 6.07) is 8.21. The molecule has 3 rings (SSSR count). The van der Waals surface area contributed by atoms with Crippen molar-refractivity contribution in [3.63, 3.8) is 0 Å². The van der Waals surface area contributed by atoms with Crippen LogP contribution in [0.25, 0.3) is 5.69 Å². The Labute approximate surface area is 128 Å². The maximum atomic E-state index is 13.9. The molecular weight excluding hydrogens is 313 g/mol. The number of halogens is 1. The van der Waals surface area contributed by atoms with Gasteiger partial charge in [-0.25, -0.2) is 9.37 Å². The summed E-state index contributed by atoms with van der Waals surface area (Å²) in [5.74, 6) is 0.0449. The number of pyridine rings is 1. The first-order chi connectivity index (χ1) is 10.1. The van der Waals surface area contributed by atoms with Gasteiger partial charge in [0.15, 0.2) is 0 Å². The summed E-state index contributed by atoms with van der Waals surface area (Å²) >= 11 is 6.30. The fraction of sp³-hybridized carbons (Fsp3) is 0.0769. The molecule has 2 aromatic heterocycles. The number of nitrogens with two attached hydrogens (primary N) is 1. The number of benzene rings is 1. The van der Waals surface area contributed by atoms with Crippen molar-refractivity contribution in [3.05, 3.63) is 53.5 Å². The van der Waals surface area contributed by atoms with Crippen LogP contribution < -0.4 is 5.73 Å². The monoisotopic (exact) mass is 323 g/mol. The average molecular weight is 323 g/mol. The predicted octanol–water partition coefficient (Wildman–Crippen LogP) is 3.12. The zero-order valence-electron chi connectivity index (χ0n) is 10.7. The van der Waals surface area contributed by atoms with E-state index in [2.05, 4.69) is 14.3 Å². The van der Waals surface area contributed by atoms with E-state index in [-0.39, 0.29) is 5.82 Å². The van der Waals surface area contributed by atoms with Crippen LogP contribution in [0.2, 0.25) is 0 Å². The number of nitrogens with zero attached hydrogens (tertiary/aromatic N) is 2. The van der Waals surface area contributed by atoms with E-state index in [0.717, 1.165) is 10.5 Å². The standard InChI is InChI=1S/C13H10FN3O2S2/c14-10-2-1-3-11(17-18-19-17)9(10)7-21-12-6-8(13(15)20)4-5-16-12/h1-6H,7H2,(H2,15,20). The molecule has 21 heavy (non-hydrogen) atoms. The van der Waals surface area contributed by atoms with Gasteiger partial charge in [-0.2, -0.15) is 0 Å². The van der Waals surface area contributed by atoms with Crippen molar-refractivity contribution in [3.8, 4) is 5.69 Å². The van der Waals surface area contributed by atoms with Crippen molar-refractivity contribution in [2.75, 3.05) is 0 Å². The lowest BCUT2D eigenvalue weighted by atomic mass is 10.2. The van der Waals surface area contributed by atoms with Crippen molar-refractivity contribution in [2.24, 2.45) is 5.73 Å². The molecule has 0 bridgehead atoms. The lowest BCUT2D eigenvalue weighted by Crippen LogP contribution is -2.09. The molecule has 0 spiro atoms. The molecule has 0 saturated heterocycles. The van der Waals surface area contributed by atoms with Gasteiger partial charge in [0.05, 0.1) is 9.94 Å². The molecule has 0 aliphatic carbocycles. The third-order valence-electron chi connectivity index (χ3n) is 2.82. The first kappa shape index (κ1) is 13.9. The number of rotatable bonds is 5. The number of aromatic nitrogens is 2. The van der Waals surface area contributed by atoms with E-state index in [1.54, 1.807) is 30.5 Å². The van der Waals surface area contributed by atoms with Crippen molar-refractivity contribution in [1.29, 1.82) is 0 Å². The van der Waals surface area contributed by atoms with Crippen molar-refractivity contribution < 1.29 is 13.8 Å². The van der Waals surface area contributed by atoms with Gasteiger partial charge in [-0.1, -0.05) is 18.3 Å². The minimum absolute atomic E-state index is 0.303. The summed E-state index contributed by atoms with van der Waals surface area (Å²) < 4.78 is 23.1. The molecule has 2 heterocycles. The van der Waals surface area contributed by atoms with E-state index in [1.165, 1.54) is 17.8 Å². The molecule has 0 aliphatic rings. The Kier molecular flexibility index (Phi) is 3.80. The summed E-state index contributed by atoms with van der Waals surface area (Å²) in [7, 11) is 0. The Bertz CT molecular complexity index is 770. The van der Waals surface area contributed by atoms with Gasteiger partial charge in [-0.3, -0.25) is 0 Å². The minimum atomic E-state index is -0.329. The molecule has 3 aromatic rings. The third-order valence-corrected chi connectivity index (χ3v) is 4.01. The average Bonchev–Trinajstić information content (AvgIpc) is 3.30. The number of thioether (sulfide) groups is 1. The zero-order valence-corrected chi connectivity index (χ0v) is 12.3. The molecule has 0 aliphatic heterocycles. The van der Waals surface area contributed by atoms with E-state index in [9.17, 15) is 4.39 Å². The fourth-order valence-corrected chi connectivity index (χ4v) is 2.80. The Morgan fingerprint density at radius 3 is 2.90 bits per heavy atom. The van der Waals surface area contributed by atoms with E-state index < -0.39 is 0 Å². The highest BCUT2D eigenvalue weighted by Gasteiger charge is 2.17. The van der Waals surface area contributed by atoms with Crippen LogP contribution in [0, 0.1) is 5.82 Å². The first-order valence-electron chi connectivity index (χ1n) is 5.96. The Morgan fingerprint density at radius 1 is 1.38 bits per heavy atom. The molecule has 2 N–H and O–H groups in total. The van der Waals surface area contributed by atoms with E-state index in [0.29, 0.717) is 27.0 Å². The highest BCUT2D eigenvalue weighted by atomic mass is 32.2. The molecule has 0 amide bonds. The third kappa shape index (κ3) is 3.17. The maximum Gasteiger partial charge on any atom is 0.134 e. The van der Waals surface area contributed by atoms with E-state index in [4.69, 9.17) is 18.0 Å². The van der Waals surface area contributed by atoms with Crippen molar-refractivity contribution in [1.82, 2.24) is 9.90 Å². The van der Waals surface area contributed by atoms with Gasteiger partial charge >= 0.3 is 0 Å². The lowest BCUT2D eigenvalue weighted by Gasteiger charge is -2.06. The summed E-state index contributed by atoms with van der Waals surface area (Å²) in [6.07, 6.45) is 1.62. The topological polar surface area (TPSA) is 70.1 Å². The number of hydrogen-bond acceptors (Lipinski definition) is 5. The highest BCUT2D eigenvalue weighted by molar-refractivity contribution is 7.98. The summed E-state index contributed by atoms with van der Waals surface area (Å²) in [5, 5.41) is 0.710. The molecule has 0 fully saturated rings. The normalized spacial score (nSPS) is 10.9. The molecule has 0 saturated carbocycles. The largest absolute Gasteiger partial charge is 0.389 e. The molecule has 1 aromatic carbocycles. The number of thiocarbonyl (C=S) groups is 1. The molecule has 0 unspecified atom stereocenters. The van der Waals surface area contributed by atoms with Crippen LogP contribution in [0.4, 0.5) is 4.39 Å². The predicted molar refractivity (Wildman–Crippen MR) is 79.9 cm³/mol. The minimum Gasteiger partial charge on any atom is -0.389 e. The fourth-order valence-electron chi connectivity index (χ4n) is 1.75. The molecule has 0 atom stereocenters. The van der Waals surface area contributed by atoms with Crippen LogP contribution in [0.1, 0.15) is 11.1 Å². The first-order valence-corrected chi connectivity index (χ1v) is 7.35. The summed E-state index contributed by atoms with van der Waals surface area (Å²) in [6.45, 7) is 0. The Hall–Kier alpha value is -2.06. The van der Waals surface area contributed by atoms with Crippen LogP contribution >= 0.6 is 24.0 Å². The van der Waals surface area contributed by atoms with Gasteiger partial charge in [-0.05, 0) is 24.3 Å². The van der Waals surface area contributed by atoms with Crippen LogP contribution in [-0.2, 0) is 5.75 Å². The lowest BCUT2D eigenvalue weighted by molar-refractivity contribution is 0.264. The van der Waals surface area contributed by atoms with Gasteiger partial charge in [0.2, 0.25) is 0 Å². The van der Waals surface area contributed by atoms with Crippen molar-refractivity contribution >= 4 is 29.0 Å². The van der Waals surface area contributed by atoms with Crippen LogP contribution in [0.15, 0.2) is 50.9 Å². The van der Waals surface area contributed by atoms with Gasteiger partial charge in [-0.15, -0.1) is 21.1 Å². The van der Waals surface area contributed by atoms with Crippen LogP contribution in [0.5, 0.6) is 0 Å². The smallest absolute Gasteiger partial charge is 0.134 e. The summed E-state index contributed by atoms with van der Waals surface area (Å²) in [5.41, 5.74) is 7.32. The van der Waals surface area contributed by atoms with E-state index >= 15 is 0 Å². The molecule has 8 heteroatoms. The van der Waals surface area contributed by atoms with Crippen molar-refractivity contribution in [2.45, 2.75) is 10.8 Å². The molecule has 108 valence electrons. The maximum absolute atomic E-state index is 13.9. The Morgan fingerprint density at radius 2 is 2.19 bits per heavy atom. The second-order valence-electron chi connectivity index (χ2n) is 4.18. The molecule has 0 radical (unpaired) electrons. The van der Waals surface area contributed by atoms with Gasteiger partial charge in [0, 0.05) is 23.1 Å². The van der Waals surface area contributed by atoms with Gasteiger partial charge < -0.3 is 5.73 Å². The Balaban J connectivity index is 1.81. The van der Waals surface area contributed by atoms with Crippen LogP contribution in [0.3, 0.4) is 0 Å². The van der Waals surface area contributed by atoms with E-state index in [1.807, 2.05) is 0 Å². The highest BCUT2D eigenvalue weighted by Crippen LogP contribution is 2.28. The number of hydrogen-bond donors (Lipinski definition) is 1. The second kappa shape index (κ2) is 5.74. The SMILES string of the molecule is NC(=S)c1ccnc(SCc2c(F)cccc2-n2oo2)c1. The quantitative estimate of drug-likeness (QED) is 0.442. The second-order valence-corrected chi connectivity index (χ2v) is 5.61. The van der Waals surface area contributed by atoms with Gasteiger partial charge in [0.1, 0.15) is 16.5 Å². The molecule has 5 nitrogen and oxygen atoms in total. The molecular formula is C13H10FN3O2S2. The zero-order chi connectivity index (χ0) is 14.8. The van der Waals surface area contributed by atoms with Gasteiger partial charge in [0.25, 0.3) is 0 Å². The van der Waals surface area contributed by atoms with Crippen LogP contribution in [-0.4, -0.2) is 14.9 Å². The summed E-state index contributed by atoms with van der Waals surface area (Å²) in [4.78, 5) is 5.66.